The van der Waals surface area contributed by atoms with E-state index in [9.17, 15) is 18.0 Å². The molecule has 6 nitrogen and oxygen atoms in total. The maximum atomic E-state index is 11.4. The molecule has 2 rings (SSSR count). The summed E-state index contributed by atoms with van der Waals surface area (Å²) in [6.45, 7) is 0. The first-order chi connectivity index (χ1) is 7.39. The smallest absolute Gasteiger partial charge is 0.372 e. The molecule has 0 unspecified atom stereocenters. The molecule has 0 aliphatic rings. The van der Waals surface area contributed by atoms with Gasteiger partial charge in [-0.05, 0) is 12.1 Å². The Morgan fingerprint density at radius 1 is 1.25 bits per heavy atom. The molecular weight excluding hydrogens is 234 g/mol. The van der Waals surface area contributed by atoms with Crippen LogP contribution in [0.5, 0.6) is 0 Å². The van der Waals surface area contributed by atoms with Gasteiger partial charge < -0.3 is 4.42 Å². The van der Waals surface area contributed by atoms with Crippen molar-refractivity contribution >= 4 is 20.7 Å². The topological polar surface area (TPSA) is 97.2 Å². The lowest BCUT2D eigenvalue weighted by Gasteiger charge is -2.01. The highest BCUT2D eigenvalue weighted by atomic mass is 32.2. The number of nitrogens with one attached hydrogen (secondary N) is 1. The summed E-state index contributed by atoms with van der Waals surface area (Å²) in [5.41, 5.74) is -0.816. The molecular formula is C9H7NO5S. The molecule has 84 valence electrons. The number of H-pyrrole nitrogens is 1. The number of sulfone groups is 1. The molecule has 0 fully saturated rings. The third-order valence-corrected chi connectivity index (χ3v) is 3.19. The SMILES string of the molecule is CS(=O)(=O)c1cccc2[nH]c(=O)oc(=O)c12. The average Bonchev–Trinajstić information content (AvgIpc) is 2.14. The Morgan fingerprint density at radius 3 is 2.56 bits per heavy atom. The van der Waals surface area contributed by atoms with E-state index >= 15 is 0 Å². The molecule has 0 spiro atoms. The van der Waals surface area contributed by atoms with E-state index in [2.05, 4.69) is 9.40 Å². The zero-order chi connectivity index (χ0) is 11.9. The Hall–Kier alpha value is -1.89. The van der Waals surface area contributed by atoms with Crippen LogP contribution in [0.4, 0.5) is 0 Å². The first-order valence-electron chi connectivity index (χ1n) is 4.26. The quantitative estimate of drug-likeness (QED) is 0.751. The lowest BCUT2D eigenvalue weighted by atomic mass is 10.2. The monoisotopic (exact) mass is 241 g/mol. The third-order valence-electron chi connectivity index (χ3n) is 2.05. The van der Waals surface area contributed by atoms with Crippen LogP contribution in [0.3, 0.4) is 0 Å². The average molecular weight is 241 g/mol. The van der Waals surface area contributed by atoms with Crippen molar-refractivity contribution in [3.05, 3.63) is 39.2 Å². The van der Waals surface area contributed by atoms with Gasteiger partial charge in [0.05, 0.1) is 10.4 Å². The minimum atomic E-state index is -3.55. The largest absolute Gasteiger partial charge is 0.419 e. The molecule has 0 saturated heterocycles. The van der Waals surface area contributed by atoms with Crippen molar-refractivity contribution in [2.24, 2.45) is 0 Å². The van der Waals surface area contributed by atoms with Crippen molar-refractivity contribution in [1.82, 2.24) is 4.98 Å². The Morgan fingerprint density at radius 2 is 1.94 bits per heavy atom. The maximum Gasteiger partial charge on any atom is 0.419 e. The van der Waals surface area contributed by atoms with Gasteiger partial charge in [-0.1, -0.05) is 6.07 Å². The van der Waals surface area contributed by atoms with Crippen molar-refractivity contribution in [2.75, 3.05) is 6.26 Å². The summed E-state index contributed by atoms with van der Waals surface area (Å²) in [6, 6.07) is 4.16. The molecule has 0 aliphatic heterocycles. The van der Waals surface area contributed by atoms with Crippen LogP contribution in [-0.4, -0.2) is 19.7 Å². The number of hydrogen-bond acceptors (Lipinski definition) is 5. The molecule has 0 saturated carbocycles. The summed E-state index contributed by atoms with van der Waals surface area (Å²) in [6.07, 6.45) is 0.978. The van der Waals surface area contributed by atoms with Crippen LogP contribution >= 0.6 is 0 Å². The second-order valence-electron chi connectivity index (χ2n) is 3.25. The van der Waals surface area contributed by atoms with Gasteiger partial charge in [0.15, 0.2) is 9.84 Å². The number of aromatic nitrogens is 1. The molecule has 0 radical (unpaired) electrons. The van der Waals surface area contributed by atoms with Gasteiger partial charge in [-0.15, -0.1) is 0 Å². The minimum absolute atomic E-state index is 0.135. The van der Waals surface area contributed by atoms with E-state index in [-0.39, 0.29) is 15.8 Å². The molecule has 1 heterocycles. The molecule has 0 amide bonds. The Balaban J connectivity index is 3.11. The summed E-state index contributed by atoms with van der Waals surface area (Å²) in [5, 5.41) is -0.135. The Bertz CT molecular complexity index is 768. The van der Waals surface area contributed by atoms with E-state index in [1.54, 1.807) is 0 Å². The molecule has 16 heavy (non-hydrogen) atoms. The van der Waals surface area contributed by atoms with Crippen LogP contribution in [-0.2, 0) is 9.84 Å². The first-order valence-corrected chi connectivity index (χ1v) is 6.15. The van der Waals surface area contributed by atoms with Crippen molar-refractivity contribution in [1.29, 1.82) is 0 Å². The molecule has 1 aromatic heterocycles. The van der Waals surface area contributed by atoms with E-state index in [1.165, 1.54) is 18.2 Å². The molecule has 0 aliphatic carbocycles. The Labute approximate surface area is 89.5 Å². The second-order valence-corrected chi connectivity index (χ2v) is 5.24. The molecule has 1 aromatic carbocycles. The molecule has 1 N–H and O–H groups in total. The summed E-state index contributed by atoms with van der Waals surface area (Å²) < 4.78 is 27.1. The summed E-state index contributed by atoms with van der Waals surface area (Å²) in [4.78, 5) is 24.4. The highest BCUT2D eigenvalue weighted by Crippen LogP contribution is 2.16. The molecule has 2 aromatic rings. The van der Waals surface area contributed by atoms with Gasteiger partial charge in [0.2, 0.25) is 0 Å². The lowest BCUT2D eigenvalue weighted by Crippen LogP contribution is -2.16. The predicted octanol–water partition coefficient (Wildman–Crippen LogP) is -0.115. The van der Waals surface area contributed by atoms with Crippen molar-refractivity contribution in [2.45, 2.75) is 4.90 Å². The van der Waals surface area contributed by atoms with Crippen molar-refractivity contribution in [3.63, 3.8) is 0 Å². The zero-order valence-electron chi connectivity index (χ0n) is 8.18. The maximum absolute atomic E-state index is 11.4. The normalized spacial score (nSPS) is 11.8. The van der Waals surface area contributed by atoms with Crippen LogP contribution in [0, 0.1) is 0 Å². The Kier molecular flexibility index (Phi) is 2.20. The molecule has 0 atom stereocenters. The highest BCUT2D eigenvalue weighted by molar-refractivity contribution is 7.91. The van der Waals surface area contributed by atoms with E-state index in [4.69, 9.17) is 0 Å². The number of hydrogen-bond donors (Lipinski definition) is 1. The zero-order valence-corrected chi connectivity index (χ0v) is 9.00. The number of rotatable bonds is 1. The number of benzene rings is 1. The second kappa shape index (κ2) is 3.31. The van der Waals surface area contributed by atoms with Gasteiger partial charge in [0.1, 0.15) is 5.39 Å². The number of fused-ring (bicyclic) bond motifs is 1. The first kappa shape index (κ1) is 10.6. The van der Waals surface area contributed by atoms with E-state index in [0.29, 0.717) is 0 Å². The van der Waals surface area contributed by atoms with Gasteiger partial charge in [0.25, 0.3) is 0 Å². The van der Waals surface area contributed by atoms with Crippen LogP contribution in [0.1, 0.15) is 0 Å². The van der Waals surface area contributed by atoms with E-state index < -0.39 is 21.2 Å². The fourth-order valence-electron chi connectivity index (χ4n) is 1.43. The summed E-state index contributed by atoms with van der Waals surface area (Å²) in [7, 11) is -3.55. The van der Waals surface area contributed by atoms with Crippen LogP contribution in [0.25, 0.3) is 10.9 Å². The van der Waals surface area contributed by atoms with Gasteiger partial charge in [-0.3, -0.25) is 4.98 Å². The van der Waals surface area contributed by atoms with Crippen LogP contribution < -0.4 is 11.4 Å². The van der Waals surface area contributed by atoms with Gasteiger partial charge in [-0.2, -0.15) is 0 Å². The van der Waals surface area contributed by atoms with E-state index in [0.717, 1.165) is 6.26 Å². The van der Waals surface area contributed by atoms with Crippen molar-refractivity contribution < 1.29 is 12.8 Å². The number of aromatic amines is 1. The molecule has 0 bridgehead atoms. The minimum Gasteiger partial charge on any atom is -0.372 e. The summed E-state index contributed by atoms with van der Waals surface area (Å²) >= 11 is 0. The highest BCUT2D eigenvalue weighted by Gasteiger charge is 2.15. The standard InChI is InChI=1S/C9H7NO5S/c1-16(13,14)6-4-2-3-5-7(6)8(11)15-9(12)10-5/h2-4H,1H3,(H,10,12). The predicted molar refractivity (Wildman–Crippen MR) is 56.2 cm³/mol. The van der Waals surface area contributed by atoms with Crippen molar-refractivity contribution in [3.8, 4) is 0 Å². The fraction of sp³-hybridized carbons (Fsp3) is 0.111. The molecule has 7 heteroatoms. The fourth-order valence-corrected chi connectivity index (χ4v) is 2.32. The van der Waals surface area contributed by atoms with Gasteiger partial charge >= 0.3 is 11.4 Å². The third kappa shape index (κ3) is 1.65. The van der Waals surface area contributed by atoms with Crippen LogP contribution in [0.2, 0.25) is 0 Å². The van der Waals surface area contributed by atoms with E-state index in [1.807, 2.05) is 0 Å². The van der Waals surface area contributed by atoms with Gasteiger partial charge in [-0.25, -0.2) is 18.0 Å². The van der Waals surface area contributed by atoms with Gasteiger partial charge in [0, 0.05) is 6.26 Å². The van der Waals surface area contributed by atoms with Crippen LogP contribution in [0.15, 0.2) is 37.1 Å². The lowest BCUT2D eigenvalue weighted by molar-refractivity contribution is 0.459. The summed E-state index contributed by atoms with van der Waals surface area (Å²) in [5.74, 6) is -0.914.